The molecule has 19 heavy (non-hydrogen) atoms. The van der Waals surface area contributed by atoms with Crippen LogP contribution < -0.4 is 11.1 Å². The maximum Gasteiger partial charge on any atom is 0.224 e. The smallest absolute Gasteiger partial charge is 0.224 e. The van der Waals surface area contributed by atoms with Crippen molar-refractivity contribution in [3.63, 3.8) is 0 Å². The fraction of sp³-hybridized carbons (Fsp3) is 0.357. The van der Waals surface area contributed by atoms with Gasteiger partial charge in [0.2, 0.25) is 5.91 Å². The first-order chi connectivity index (χ1) is 8.61. The van der Waals surface area contributed by atoms with Crippen LogP contribution >= 0.6 is 23.7 Å². The van der Waals surface area contributed by atoms with E-state index in [0.717, 1.165) is 0 Å². The molecule has 2 rings (SSSR count). The van der Waals surface area contributed by atoms with Gasteiger partial charge in [-0.25, -0.2) is 0 Å². The average Bonchev–Trinajstić information content (AvgIpc) is 2.81. The summed E-state index contributed by atoms with van der Waals surface area (Å²) < 4.78 is 1.25. The standard InChI is InChI=1S/C14H18N2OS.ClH/c1-9(8-15)14(17)16-10(2)13-7-11-5-3-4-6-12(11)18-13;/h3-7,9-10H,8,15H2,1-2H3,(H,16,17);1H. The Morgan fingerprint density at radius 3 is 2.68 bits per heavy atom. The summed E-state index contributed by atoms with van der Waals surface area (Å²) in [5.74, 6) is -0.121. The first-order valence-electron chi connectivity index (χ1n) is 6.10. The molecule has 5 heteroatoms. The molecular weight excluding hydrogens is 280 g/mol. The number of carbonyl (C=O) groups excluding carboxylic acids is 1. The second-order valence-electron chi connectivity index (χ2n) is 4.55. The highest BCUT2D eigenvalue weighted by atomic mass is 35.5. The Bertz CT molecular complexity index is 522. The number of fused-ring (bicyclic) bond motifs is 1. The summed E-state index contributed by atoms with van der Waals surface area (Å²) in [6.45, 7) is 4.23. The Balaban J connectivity index is 0.00000180. The van der Waals surface area contributed by atoms with Gasteiger partial charge in [0.05, 0.1) is 6.04 Å². The maximum atomic E-state index is 11.8. The van der Waals surface area contributed by atoms with E-state index in [0.29, 0.717) is 6.54 Å². The Morgan fingerprint density at radius 2 is 2.05 bits per heavy atom. The van der Waals surface area contributed by atoms with Gasteiger partial charge in [0, 0.05) is 22.0 Å². The number of halogens is 1. The van der Waals surface area contributed by atoms with Crippen molar-refractivity contribution >= 4 is 39.7 Å². The van der Waals surface area contributed by atoms with E-state index in [-0.39, 0.29) is 30.3 Å². The van der Waals surface area contributed by atoms with Gasteiger partial charge in [0.1, 0.15) is 0 Å². The van der Waals surface area contributed by atoms with E-state index < -0.39 is 0 Å². The number of hydrogen-bond acceptors (Lipinski definition) is 3. The van der Waals surface area contributed by atoms with E-state index in [9.17, 15) is 4.79 Å². The topological polar surface area (TPSA) is 55.1 Å². The maximum absolute atomic E-state index is 11.8. The number of nitrogens with two attached hydrogens (primary N) is 1. The molecule has 2 atom stereocenters. The molecule has 0 spiro atoms. The number of carbonyl (C=O) groups is 1. The van der Waals surface area contributed by atoms with Crippen molar-refractivity contribution < 1.29 is 4.79 Å². The van der Waals surface area contributed by atoms with Crippen molar-refractivity contribution in [2.24, 2.45) is 11.7 Å². The van der Waals surface area contributed by atoms with E-state index in [1.54, 1.807) is 11.3 Å². The van der Waals surface area contributed by atoms with Gasteiger partial charge in [-0.3, -0.25) is 4.79 Å². The van der Waals surface area contributed by atoms with Gasteiger partial charge >= 0.3 is 0 Å². The molecular formula is C14H19ClN2OS. The van der Waals surface area contributed by atoms with Crippen LogP contribution in [0.15, 0.2) is 30.3 Å². The third-order valence-electron chi connectivity index (χ3n) is 3.03. The molecule has 0 fully saturated rings. The van der Waals surface area contributed by atoms with Crippen LogP contribution in [0.2, 0.25) is 0 Å². The highest BCUT2D eigenvalue weighted by Gasteiger charge is 2.16. The minimum atomic E-state index is -0.137. The van der Waals surface area contributed by atoms with E-state index in [1.165, 1.54) is 15.0 Å². The number of rotatable bonds is 4. The third-order valence-corrected chi connectivity index (χ3v) is 4.33. The molecule has 3 N–H and O–H groups in total. The molecule has 0 saturated heterocycles. The van der Waals surface area contributed by atoms with E-state index in [1.807, 2.05) is 26.0 Å². The molecule has 0 bridgehead atoms. The minimum Gasteiger partial charge on any atom is -0.348 e. The Kier molecular flexibility index (Phi) is 5.79. The van der Waals surface area contributed by atoms with Crippen LogP contribution in [0, 0.1) is 5.92 Å². The van der Waals surface area contributed by atoms with E-state index in [4.69, 9.17) is 5.73 Å². The van der Waals surface area contributed by atoms with Crippen LogP contribution in [-0.2, 0) is 4.79 Å². The lowest BCUT2D eigenvalue weighted by Crippen LogP contribution is -2.34. The molecule has 0 saturated carbocycles. The van der Waals surface area contributed by atoms with Crippen LogP contribution in [0.25, 0.3) is 10.1 Å². The van der Waals surface area contributed by atoms with E-state index >= 15 is 0 Å². The summed E-state index contributed by atoms with van der Waals surface area (Å²) in [6, 6.07) is 10.4. The molecule has 1 heterocycles. The van der Waals surface area contributed by atoms with Crippen molar-refractivity contribution in [1.29, 1.82) is 0 Å². The number of benzene rings is 1. The second kappa shape index (κ2) is 6.89. The largest absolute Gasteiger partial charge is 0.348 e. The van der Waals surface area contributed by atoms with Crippen molar-refractivity contribution in [3.05, 3.63) is 35.2 Å². The zero-order valence-corrected chi connectivity index (χ0v) is 12.7. The monoisotopic (exact) mass is 298 g/mol. The van der Waals surface area contributed by atoms with Crippen LogP contribution in [0.3, 0.4) is 0 Å². The normalized spacial score (nSPS) is 13.6. The molecule has 1 aromatic carbocycles. The molecule has 2 unspecified atom stereocenters. The number of nitrogens with one attached hydrogen (secondary N) is 1. The first-order valence-corrected chi connectivity index (χ1v) is 6.92. The molecule has 0 aliphatic rings. The molecule has 0 aliphatic carbocycles. The first kappa shape index (κ1) is 16.0. The molecule has 0 radical (unpaired) electrons. The Hall–Kier alpha value is -1.10. The van der Waals surface area contributed by atoms with Crippen LogP contribution in [0.5, 0.6) is 0 Å². The van der Waals surface area contributed by atoms with Gasteiger partial charge in [-0.05, 0) is 24.4 Å². The molecule has 104 valence electrons. The summed E-state index contributed by atoms with van der Waals surface area (Å²) in [5, 5.41) is 4.23. The van der Waals surface area contributed by atoms with E-state index in [2.05, 4.69) is 23.5 Å². The van der Waals surface area contributed by atoms with Crippen LogP contribution in [0.4, 0.5) is 0 Å². The van der Waals surface area contributed by atoms with Gasteiger partial charge in [-0.15, -0.1) is 23.7 Å². The highest BCUT2D eigenvalue weighted by molar-refractivity contribution is 7.19. The van der Waals surface area contributed by atoms with Crippen molar-refractivity contribution in [2.75, 3.05) is 6.54 Å². The average molecular weight is 299 g/mol. The lowest BCUT2D eigenvalue weighted by molar-refractivity contribution is -0.124. The zero-order valence-electron chi connectivity index (χ0n) is 11.1. The predicted molar refractivity (Wildman–Crippen MR) is 83.8 cm³/mol. The molecule has 2 aromatic rings. The Morgan fingerprint density at radius 1 is 1.37 bits per heavy atom. The minimum absolute atomic E-state index is 0. The van der Waals surface area contributed by atoms with Gasteiger partial charge in [-0.2, -0.15) is 0 Å². The van der Waals surface area contributed by atoms with Crippen LogP contribution in [-0.4, -0.2) is 12.5 Å². The van der Waals surface area contributed by atoms with Gasteiger partial charge in [0.25, 0.3) is 0 Å². The van der Waals surface area contributed by atoms with Gasteiger partial charge < -0.3 is 11.1 Å². The fourth-order valence-corrected chi connectivity index (χ4v) is 2.82. The second-order valence-corrected chi connectivity index (χ2v) is 5.67. The third kappa shape index (κ3) is 3.69. The molecule has 0 aliphatic heterocycles. The molecule has 1 amide bonds. The number of thiophene rings is 1. The lowest BCUT2D eigenvalue weighted by Gasteiger charge is -2.15. The van der Waals surface area contributed by atoms with Crippen molar-refractivity contribution in [3.8, 4) is 0 Å². The SMILES string of the molecule is CC(CN)C(=O)NC(C)c1cc2ccccc2s1.Cl. The summed E-state index contributed by atoms with van der Waals surface area (Å²) in [6.07, 6.45) is 0. The van der Waals surface area contributed by atoms with Gasteiger partial charge in [-0.1, -0.05) is 25.1 Å². The van der Waals surface area contributed by atoms with Crippen LogP contribution in [0.1, 0.15) is 24.8 Å². The Labute approximate surface area is 123 Å². The summed E-state index contributed by atoms with van der Waals surface area (Å²) in [7, 11) is 0. The molecule has 3 nitrogen and oxygen atoms in total. The number of amides is 1. The lowest BCUT2D eigenvalue weighted by atomic mass is 10.1. The summed E-state index contributed by atoms with van der Waals surface area (Å²) in [5.41, 5.74) is 5.49. The highest BCUT2D eigenvalue weighted by Crippen LogP contribution is 2.29. The fourth-order valence-electron chi connectivity index (χ4n) is 1.75. The predicted octanol–water partition coefficient (Wildman–Crippen LogP) is 3.10. The summed E-state index contributed by atoms with van der Waals surface area (Å²) in [4.78, 5) is 13.0. The van der Waals surface area contributed by atoms with Crippen molar-refractivity contribution in [2.45, 2.75) is 19.9 Å². The van der Waals surface area contributed by atoms with Gasteiger partial charge in [0.15, 0.2) is 0 Å². The molecule has 1 aromatic heterocycles. The van der Waals surface area contributed by atoms with Crippen molar-refractivity contribution in [1.82, 2.24) is 5.32 Å². The summed E-state index contributed by atoms with van der Waals surface area (Å²) >= 11 is 1.72. The number of hydrogen-bond donors (Lipinski definition) is 2. The quantitative estimate of drug-likeness (QED) is 0.911. The zero-order chi connectivity index (χ0) is 13.1.